The average molecular weight is 420 g/mol. The Hall–Kier alpha value is -2.87. The molecule has 3 rings (SSSR count). The molecule has 8 heteroatoms. The van der Waals surface area contributed by atoms with E-state index in [9.17, 15) is 18.0 Å². The van der Waals surface area contributed by atoms with Crippen LogP contribution in [-0.2, 0) is 12.7 Å². The van der Waals surface area contributed by atoms with Crippen LogP contribution >= 0.6 is 11.3 Å². The molecular weight excluding hydrogens is 401 g/mol. The first-order valence-electron chi connectivity index (χ1n) is 8.87. The molecule has 0 saturated carbocycles. The maximum absolute atomic E-state index is 12.9. The zero-order valence-electron chi connectivity index (χ0n) is 15.9. The number of nitrogens with zero attached hydrogens (tertiary/aromatic N) is 2. The molecule has 0 spiro atoms. The highest BCUT2D eigenvalue weighted by atomic mass is 32.1. The van der Waals surface area contributed by atoms with Crippen molar-refractivity contribution in [2.45, 2.75) is 19.6 Å². The number of thiazole rings is 1. The number of carbonyl (C=O) groups is 1. The lowest BCUT2D eigenvalue weighted by molar-refractivity contribution is -0.137. The maximum Gasteiger partial charge on any atom is 0.416 e. The lowest BCUT2D eigenvalue weighted by Gasteiger charge is -2.20. The summed E-state index contributed by atoms with van der Waals surface area (Å²) in [6.07, 6.45) is -4.43. The van der Waals surface area contributed by atoms with Gasteiger partial charge in [-0.2, -0.15) is 13.2 Å². The van der Waals surface area contributed by atoms with Crippen LogP contribution in [0.3, 0.4) is 0 Å². The number of alkyl halides is 3. The van der Waals surface area contributed by atoms with Gasteiger partial charge in [0.2, 0.25) is 0 Å². The van der Waals surface area contributed by atoms with Crippen molar-refractivity contribution in [3.05, 3.63) is 70.7 Å². The van der Waals surface area contributed by atoms with Crippen molar-refractivity contribution in [3.63, 3.8) is 0 Å². The number of hydrogen-bond donors (Lipinski definition) is 0. The number of ether oxygens (including phenoxy) is 1. The summed E-state index contributed by atoms with van der Waals surface area (Å²) in [5.41, 5.74) is 0.752. The van der Waals surface area contributed by atoms with Gasteiger partial charge in [0, 0.05) is 24.0 Å². The van der Waals surface area contributed by atoms with E-state index in [0.29, 0.717) is 23.7 Å². The Kier molecular flexibility index (Phi) is 6.22. The molecule has 29 heavy (non-hydrogen) atoms. The first-order valence-corrected chi connectivity index (χ1v) is 9.75. The summed E-state index contributed by atoms with van der Waals surface area (Å²) < 4.78 is 43.9. The summed E-state index contributed by atoms with van der Waals surface area (Å²) in [5.74, 6) is 0.464. The fraction of sp³-hybridized carbons (Fsp3) is 0.238. The second kappa shape index (κ2) is 8.65. The molecule has 152 valence electrons. The molecule has 0 aliphatic carbocycles. The van der Waals surface area contributed by atoms with Crippen LogP contribution in [0.5, 0.6) is 5.75 Å². The fourth-order valence-corrected chi connectivity index (χ4v) is 3.56. The molecule has 0 fully saturated rings. The van der Waals surface area contributed by atoms with Crippen molar-refractivity contribution >= 4 is 17.2 Å². The summed E-state index contributed by atoms with van der Waals surface area (Å²) in [6.45, 7) is 2.73. The summed E-state index contributed by atoms with van der Waals surface area (Å²) >= 11 is 1.15. The van der Waals surface area contributed by atoms with Crippen LogP contribution in [0, 0.1) is 0 Å². The van der Waals surface area contributed by atoms with E-state index in [2.05, 4.69) is 4.98 Å². The molecule has 4 nitrogen and oxygen atoms in total. The Labute approximate surface area is 170 Å². The molecule has 2 aromatic carbocycles. The number of amides is 1. The van der Waals surface area contributed by atoms with Crippen LogP contribution in [0.2, 0.25) is 0 Å². The summed E-state index contributed by atoms with van der Waals surface area (Å²) in [5, 5.41) is 1.95. The van der Waals surface area contributed by atoms with Crippen LogP contribution in [0.15, 0.2) is 53.9 Å². The second-order valence-corrected chi connectivity index (χ2v) is 7.14. The SMILES string of the molecule is CCN(Cc1ccc(OC)cc1)C(=O)c1csc(-c2cccc(C(F)(F)F)c2)n1. The molecule has 0 aliphatic heterocycles. The number of aromatic nitrogens is 1. The largest absolute Gasteiger partial charge is 0.497 e. The zero-order chi connectivity index (χ0) is 21.0. The van der Waals surface area contributed by atoms with Gasteiger partial charge < -0.3 is 9.64 Å². The van der Waals surface area contributed by atoms with Crippen LogP contribution in [0.25, 0.3) is 10.6 Å². The van der Waals surface area contributed by atoms with Crippen LogP contribution in [-0.4, -0.2) is 29.4 Å². The lowest BCUT2D eigenvalue weighted by Crippen LogP contribution is -2.30. The maximum atomic E-state index is 12.9. The van der Waals surface area contributed by atoms with E-state index in [1.807, 2.05) is 31.2 Å². The van der Waals surface area contributed by atoms with Gasteiger partial charge in [-0.05, 0) is 36.8 Å². The molecule has 0 bridgehead atoms. The quantitative estimate of drug-likeness (QED) is 0.529. The topological polar surface area (TPSA) is 42.4 Å². The van der Waals surface area contributed by atoms with Crippen molar-refractivity contribution < 1.29 is 22.7 Å². The van der Waals surface area contributed by atoms with Crippen molar-refractivity contribution in [2.24, 2.45) is 0 Å². The smallest absolute Gasteiger partial charge is 0.416 e. The van der Waals surface area contributed by atoms with Crippen molar-refractivity contribution in [1.82, 2.24) is 9.88 Å². The van der Waals surface area contributed by atoms with Crippen molar-refractivity contribution in [3.8, 4) is 16.3 Å². The third-order valence-corrected chi connectivity index (χ3v) is 5.25. The summed E-state index contributed by atoms with van der Waals surface area (Å²) in [4.78, 5) is 18.8. The molecule has 0 saturated heterocycles. The molecule has 0 N–H and O–H groups in total. The third kappa shape index (κ3) is 4.95. The fourth-order valence-electron chi connectivity index (χ4n) is 2.77. The number of halogens is 3. The van der Waals surface area contributed by atoms with Crippen LogP contribution in [0.4, 0.5) is 13.2 Å². The van der Waals surface area contributed by atoms with E-state index in [1.54, 1.807) is 23.5 Å². The molecule has 0 aliphatic rings. The highest BCUT2D eigenvalue weighted by Crippen LogP contribution is 2.33. The van der Waals surface area contributed by atoms with Gasteiger partial charge in [0.25, 0.3) is 5.91 Å². The van der Waals surface area contributed by atoms with Gasteiger partial charge in [-0.15, -0.1) is 11.3 Å². The number of benzene rings is 2. The van der Waals surface area contributed by atoms with Gasteiger partial charge >= 0.3 is 6.18 Å². The summed E-state index contributed by atoms with van der Waals surface area (Å²) in [6, 6.07) is 12.3. The molecule has 0 atom stereocenters. The molecule has 0 radical (unpaired) electrons. The van der Waals surface area contributed by atoms with Crippen molar-refractivity contribution in [1.29, 1.82) is 0 Å². The standard InChI is InChI=1S/C21H19F3N2O2S/c1-3-26(12-14-7-9-17(28-2)10-8-14)20(27)18-13-29-19(25-18)15-5-4-6-16(11-15)21(22,23)24/h4-11,13H,3,12H2,1-2H3. The highest BCUT2D eigenvalue weighted by Gasteiger charge is 2.30. The zero-order valence-corrected chi connectivity index (χ0v) is 16.7. The number of hydrogen-bond acceptors (Lipinski definition) is 4. The molecule has 3 aromatic rings. The van der Waals surface area contributed by atoms with E-state index in [4.69, 9.17) is 4.74 Å². The van der Waals surface area contributed by atoms with E-state index < -0.39 is 11.7 Å². The summed E-state index contributed by atoms with van der Waals surface area (Å²) in [7, 11) is 1.58. The van der Waals surface area contributed by atoms with Gasteiger partial charge in [-0.1, -0.05) is 24.3 Å². The first kappa shape index (κ1) is 20.9. The van der Waals surface area contributed by atoms with E-state index in [-0.39, 0.29) is 11.6 Å². The Bertz CT molecular complexity index is 984. The highest BCUT2D eigenvalue weighted by molar-refractivity contribution is 7.13. The van der Waals surface area contributed by atoms with Gasteiger partial charge in [0.15, 0.2) is 0 Å². The van der Waals surface area contributed by atoms with Crippen molar-refractivity contribution in [2.75, 3.05) is 13.7 Å². The Morgan fingerprint density at radius 3 is 2.52 bits per heavy atom. The number of methoxy groups -OCH3 is 1. The third-order valence-electron chi connectivity index (χ3n) is 4.36. The minimum atomic E-state index is -4.43. The monoisotopic (exact) mass is 420 g/mol. The average Bonchev–Trinajstić information content (AvgIpc) is 3.22. The van der Waals surface area contributed by atoms with E-state index >= 15 is 0 Å². The van der Waals surface area contributed by atoms with Gasteiger partial charge in [-0.25, -0.2) is 4.98 Å². The van der Waals surface area contributed by atoms with Gasteiger partial charge in [0.05, 0.1) is 12.7 Å². The predicted molar refractivity (Wildman–Crippen MR) is 106 cm³/mol. The first-order chi connectivity index (χ1) is 13.8. The van der Waals surface area contributed by atoms with E-state index in [0.717, 1.165) is 34.8 Å². The number of carbonyl (C=O) groups excluding carboxylic acids is 1. The number of rotatable bonds is 6. The minimum Gasteiger partial charge on any atom is -0.497 e. The Morgan fingerprint density at radius 2 is 1.90 bits per heavy atom. The van der Waals surface area contributed by atoms with Gasteiger partial charge in [-0.3, -0.25) is 4.79 Å². The Morgan fingerprint density at radius 1 is 1.17 bits per heavy atom. The van der Waals surface area contributed by atoms with Crippen LogP contribution in [0.1, 0.15) is 28.5 Å². The van der Waals surface area contributed by atoms with Gasteiger partial charge in [0.1, 0.15) is 16.5 Å². The molecule has 1 amide bonds. The minimum absolute atomic E-state index is 0.220. The normalized spacial score (nSPS) is 11.3. The molecule has 1 heterocycles. The molecule has 1 aromatic heterocycles. The molecular formula is C21H19F3N2O2S. The lowest BCUT2D eigenvalue weighted by atomic mass is 10.1. The van der Waals surface area contributed by atoms with E-state index in [1.165, 1.54) is 6.07 Å². The second-order valence-electron chi connectivity index (χ2n) is 6.28. The Balaban J connectivity index is 1.78. The molecule has 0 unspecified atom stereocenters. The van der Waals surface area contributed by atoms with Crippen LogP contribution < -0.4 is 4.74 Å². The predicted octanol–water partition coefficient (Wildman–Crippen LogP) is 5.50.